The smallest absolute Gasteiger partial charge is 0.278 e. The van der Waals surface area contributed by atoms with Gasteiger partial charge in [0.15, 0.2) is 0 Å². The molecule has 1 saturated heterocycles. The van der Waals surface area contributed by atoms with Crippen molar-refractivity contribution in [3.8, 4) is 0 Å². The molecule has 2 unspecified atom stereocenters. The number of amides is 2. The number of rotatable bonds is 2. The van der Waals surface area contributed by atoms with Gasteiger partial charge in [0.05, 0.1) is 16.6 Å². The van der Waals surface area contributed by atoms with Crippen LogP contribution in [0.15, 0.2) is 63.1 Å². The molecule has 2 aliphatic rings. The number of halogens is 1. The molecule has 2 amide bonds. The minimum Gasteiger partial charge on any atom is -0.463 e. The summed E-state index contributed by atoms with van der Waals surface area (Å²) in [6, 6.07) is 11.5. The first-order valence-electron chi connectivity index (χ1n) is 8.85. The molecule has 7 nitrogen and oxygen atoms in total. The fourth-order valence-electron chi connectivity index (χ4n) is 3.66. The van der Waals surface area contributed by atoms with Gasteiger partial charge in [0.2, 0.25) is 17.4 Å². The number of hydrogen-bond donors (Lipinski definition) is 0. The van der Waals surface area contributed by atoms with Gasteiger partial charge in [-0.05, 0) is 48.9 Å². The van der Waals surface area contributed by atoms with Gasteiger partial charge in [-0.3, -0.25) is 14.4 Å². The van der Waals surface area contributed by atoms with E-state index in [0.29, 0.717) is 21.7 Å². The second-order valence-electron chi connectivity index (χ2n) is 6.95. The zero-order valence-electron chi connectivity index (χ0n) is 15.1. The Balaban J connectivity index is 1.57. The number of carbonyl (C=O) groups is 2. The number of imide groups is 1. The van der Waals surface area contributed by atoms with Crippen LogP contribution >= 0.6 is 11.6 Å². The summed E-state index contributed by atoms with van der Waals surface area (Å²) >= 11 is 5.89. The highest BCUT2D eigenvalue weighted by atomic mass is 35.5. The lowest BCUT2D eigenvalue weighted by atomic mass is 9.94. The monoisotopic (exact) mass is 408 g/mol. The number of oxime groups is 1. The molecule has 0 aliphatic carbocycles. The van der Waals surface area contributed by atoms with Gasteiger partial charge in [-0.1, -0.05) is 22.8 Å². The maximum absolute atomic E-state index is 13.1. The standard InChI is InChI=1S/C21H13ClN2O5/c1-10-2-7-13-15(8-10)28-9-14(18(13)25)17-16-19(29-23-17)21(27)24(20(16)26)12-5-3-11(22)4-6-12/h2-9,16,19H,1H3. The summed E-state index contributed by atoms with van der Waals surface area (Å²) in [5.41, 5.74) is 1.63. The highest BCUT2D eigenvalue weighted by Crippen LogP contribution is 2.35. The fourth-order valence-corrected chi connectivity index (χ4v) is 3.78. The maximum Gasteiger partial charge on any atom is 0.278 e. The number of benzene rings is 2. The van der Waals surface area contributed by atoms with Crippen molar-refractivity contribution in [1.29, 1.82) is 0 Å². The molecule has 0 bridgehead atoms. The summed E-state index contributed by atoms with van der Waals surface area (Å²) in [6.45, 7) is 1.89. The van der Waals surface area contributed by atoms with Crippen LogP contribution in [0.5, 0.6) is 0 Å². The highest BCUT2D eigenvalue weighted by molar-refractivity contribution is 6.33. The van der Waals surface area contributed by atoms with Gasteiger partial charge in [-0.15, -0.1) is 0 Å². The molecular weight excluding hydrogens is 396 g/mol. The lowest BCUT2D eigenvalue weighted by Crippen LogP contribution is -2.33. The Bertz CT molecular complexity index is 1280. The Morgan fingerprint density at radius 2 is 1.79 bits per heavy atom. The predicted octanol–water partition coefficient (Wildman–Crippen LogP) is 3.05. The second-order valence-corrected chi connectivity index (χ2v) is 7.38. The average molecular weight is 409 g/mol. The van der Waals surface area contributed by atoms with E-state index < -0.39 is 23.8 Å². The topological polar surface area (TPSA) is 89.2 Å². The zero-order valence-corrected chi connectivity index (χ0v) is 15.8. The van der Waals surface area contributed by atoms with Crippen molar-refractivity contribution in [2.75, 3.05) is 4.90 Å². The SMILES string of the molecule is Cc1ccc2c(=O)c(C3=NOC4C(=O)N(c5ccc(Cl)cc5)C(=O)C34)coc2c1. The normalized spacial score (nSPS) is 20.8. The van der Waals surface area contributed by atoms with Gasteiger partial charge >= 0.3 is 0 Å². The molecule has 3 heterocycles. The van der Waals surface area contributed by atoms with E-state index in [4.69, 9.17) is 20.9 Å². The quantitative estimate of drug-likeness (QED) is 0.608. The molecule has 8 heteroatoms. The lowest BCUT2D eigenvalue weighted by Gasteiger charge is -2.15. The van der Waals surface area contributed by atoms with E-state index in [0.717, 1.165) is 10.5 Å². The summed E-state index contributed by atoms with van der Waals surface area (Å²) in [5, 5.41) is 4.73. The van der Waals surface area contributed by atoms with Crippen molar-refractivity contribution in [2.24, 2.45) is 11.1 Å². The van der Waals surface area contributed by atoms with Crippen molar-refractivity contribution >= 4 is 45.8 Å². The number of fused-ring (bicyclic) bond motifs is 2. The molecule has 1 fully saturated rings. The molecule has 2 aromatic carbocycles. The Morgan fingerprint density at radius 1 is 1.03 bits per heavy atom. The predicted molar refractivity (Wildman–Crippen MR) is 106 cm³/mol. The molecule has 2 aliphatic heterocycles. The number of anilines is 1. The van der Waals surface area contributed by atoms with E-state index in [9.17, 15) is 14.4 Å². The number of aryl methyl sites for hydroxylation is 1. The first kappa shape index (κ1) is 17.6. The summed E-state index contributed by atoms with van der Waals surface area (Å²) in [4.78, 5) is 45.1. The summed E-state index contributed by atoms with van der Waals surface area (Å²) < 4.78 is 5.59. The third kappa shape index (κ3) is 2.58. The van der Waals surface area contributed by atoms with Gasteiger partial charge in [-0.2, -0.15) is 0 Å². The third-order valence-corrected chi connectivity index (χ3v) is 5.36. The highest BCUT2D eigenvalue weighted by Gasteiger charge is 2.56. The minimum atomic E-state index is -1.11. The molecule has 0 N–H and O–H groups in total. The van der Waals surface area contributed by atoms with E-state index in [-0.39, 0.29) is 16.7 Å². The van der Waals surface area contributed by atoms with E-state index in [1.54, 1.807) is 42.5 Å². The Hall–Kier alpha value is -3.45. The molecule has 0 saturated carbocycles. The molecule has 3 aromatic rings. The van der Waals surface area contributed by atoms with Crippen LogP contribution in [0.4, 0.5) is 5.69 Å². The van der Waals surface area contributed by atoms with Gasteiger partial charge in [0.1, 0.15) is 23.5 Å². The minimum absolute atomic E-state index is 0.0982. The van der Waals surface area contributed by atoms with Crippen LogP contribution < -0.4 is 10.3 Å². The van der Waals surface area contributed by atoms with Crippen molar-refractivity contribution in [2.45, 2.75) is 13.0 Å². The van der Waals surface area contributed by atoms with Crippen LogP contribution in [0.1, 0.15) is 11.1 Å². The summed E-state index contributed by atoms with van der Waals surface area (Å²) in [7, 11) is 0. The third-order valence-electron chi connectivity index (χ3n) is 5.10. The maximum atomic E-state index is 13.1. The van der Waals surface area contributed by atoms with Crippen molar-refractivity contribution in [3.63, 3.8) is 0 Å². The van der Waals surface area contributed by atoms with E-state index >= 15 is 0 Å². The fraction of sp³-hybridized carbons (Fsp3) is 0.143. The van der Waals surface area contributed by atoms with Crippen LogP contribution in [0, 0.1) is 12.8 Å². The molecule has 1 aromatic heterocycles. The van der Waals surface area contributed by atoms with Crippen LogP contribution in [0.3, 0.4) is 0 Å². The van der Waals surface area contributed by atoms with Crippen molar-refractivity contribution < 1.29 is 18.8 Å². The molecule has 29 heavy (non-hydrogen) atoms. The Morgan fingerprint density at radius 3 is 2.55 bits per heavy atom. The summed E-state index contributed by atoms with van der Waals surface area (Å²) in [6.07, 6.45) is 0.151. The van der Waals surface area contributed by atoms with Crippen LogP contribution in [-0.2, 0) is 14.4 Å². The molecule has 2 atom stereocenters. The Labute approximate surface area is 169 Å². The van der Waals surface area contributed by atoms with E-state index in [1.807, 2.05) is 6.92 Å². The van der Waals surface area contributed by atoms with E-state index in [1.165, 1.54) is 6.26 Å². The average Bonchev–Trinajstić information content (AvgIpc) is 3.23. The first-order chi connectivity index (χ1) is 14.0. The van der Waals surface area contributed by atoms with Gasteiger partial charge in [-0.25, -0.2) is 4.90 Å². The molecule has 0 radical (unpaired) electrons. The van der Waals surface area contributed by atoms with E-state index in [2.05, 4.69) is 5.16 Å². The number of hydrogen-bond acceptors (Lipinski definition) is 6. The molecular formula is C21H13ClN2O5. The number of carbonyl (C=O) groups excluding carboxylic acids is 2. The molecule has 5 rings (SSSR count). The zero-order chi connectivity index (χ0) is 20.3. The van der Waals surface area contributed by atoms with Crippen LogP contribution in [0.2, 0.25) is 5.02 Å². The van der Waals surface area contributed by atoms with Crippen LogP contribution in [-0.4, -0.2) is 23.6 Å². The molecule has 144 valence electrons. The van der Waals surface area contributed by atoms with Gasteiger partial charge < -0.3 is 9.25 Å². The van der Waals surface area contributed by atoms with Crippen molar-refractivity contribution in [3.05, 3.63) is 75.1 Å². The number of nitrogens with zero attached hydrogens (tertiary/aromatic N) is 2. The van der Waals surface area contributed by atoms with Crippen LogP contribution in [0.25, 0.3) is 11.0 Å². The lowest BCUT2D eigenvalue weighted by molar-refractivity contribution is -0.126. The van der Waals surface area contributed by atoms with Crippen molar-refractivity contribution in [1.82, 2.24) is 0 Å². The molecule has 0 spiro atoms. The summed E-state index contributed by atoms with van der Waals surface area (Å²) in [5.74, 6) is -2.06. The second kappa shape index (κ2) is 6.28. The largest absolute Gasteiger partial charge is 0.463 e. The Kier molecular flexibility index (Phi) is 3.82. The first-order valence-corrected chi connectivity index (χ1v) is 9.23. The van der Waals surface area contributed by atoms with Gasteiger partial charge in [0, 0.05) is 5.02 Å². The van der Waals surface area contributed by atoms with Gasteiger partial charge in [0.25, 0.3) is 5.91 Å².